The van der Waals surface area contributed by atoms with Crippen molar-refractivity contribution in [3.05, 3.63) is 35.5 Å². The van der Waals surface area contributed by atoms with Crippen LogP contribution in [0.1, 0.15) is 0 Å². The fraction of sp³-hybridized carbons (Fsp3) is 0.100. The summed E-state index contributed by atoms with van der Waals surface area (Å²) in [6, 6.07) is 7.81. The van der Waals surface area contributed by atoms with E-state index in [1.807, 2.05) is 30.5 Å². The second-order valence-electron chi connectivity index (χ2n) is 2.65. The molecule has 0 fully saturated rings. The number of benzene rings is 1. The van der Waals surface area contributed by atoms with Gasteiger partial charge in [0, 0.05) is 16.5 Å². The molecule has 1 nitrogen and oxygen atoms in total. The molecule has 0 N–H and O–H groups in total. The van der Waals surface area contributed by atoms with E-state index in [9.17, 15) is 0 Å². The Labute approximate surface area is 86.1 Å². The molecule has 0 unspecified atom stereocenters. The molecule has 0 spiro atoms. The fourth-order valence-corrected chi connectivity index (χ4v) is 2.05. The summed E-state index contributed by atoms with van der Waals surface area (Å²) in [6.07, 6.45) is 3.83. The highest BCUT2D eigenvalue weighted by Crippen LogP contribution is 2.29. The topological polar surface area (TPSA) is 12.9 Å². The highest BCUT2D eigenvalue weighted by atomic mass is 35.5. The van der Waals surface area contributed by atoms with Gasteiger partial charge in [0.15, 0.2) is 0 Å². The number of rotatable bonds is 1. The molecule has 0 bridgehead atoms. The lowest BCUT2D eigenvalue weighted by molar-refractivity contribution is 1.35. The summed E-state index contributed by atoms with van der Waals surface area (Å²) in [5, 5.41) is 1.79. The first-order valence-electron chi connectivity index (χ1n) is 3.90. The largest absolute Gasteiger partial charge is 0.255 e. The van der Waals surface area contributed by atoms with E-state index in [-0.39, 0.29) is 0 Å². The Morgan fingerprint density at radius 2 is 2.15 bits per heavy atom. The molecule has 1 aromatic carbocycles. The van der Waals surface area contributed by atoms with Crippen molar-refractivity contribution in [2.45, 2.75) is 4.90 Å². The van der Waals surface area contributed by atoms with Crippen molar-refractivity contribution >= 4 is 34.3 Å². The summed E-state index contributed by atoms with van der Waals surface area (Å²) in [4.78, 5) is 5.47. The van der Waals surface area contributed by atoms with Crippen LogP contribution < -0.4 is 0 Å². The van der Waals surface area contributed by atoms with Crippen LogP contribution in [0.3, 0.4) is 0 Å². The predicted molar refractivity (Wildman–Crippen MR) is 58.5 cm³/mol. The van der Waals surface area contributed by atoms with E-state index in [4.69, 9.17) is 11.6 Å². The minimum atomic E-state index is 0.765. The molecule has 0 amide bonds. The molecule has 0 radical (unpaired) electrons. The van der Waals surface area contributed by atoms with E-state index in [2.05, 4.69) is 4.98 Å². The smallest absolute Gasteiger partial charge is 0.0852 e. The zero-order valence-corrected chi connectivity index (χ0v) is 8.69. The monoisotopic (exact) mass is 209 g/mol. The van der Waals surface area contributed by atoms with Crippen molar-refractivity contribution in [3.8, 4) is 0 Å². The second kappa shape index (κ2) is 3.56. The molecule has 13 heavy (non-hydrogen) atoms. The first-order chi connectivity index (χ1) is 6.33. The molecule has 0 atom stereocenters. The van der Waals surface area contributed by atoms with Gasteiger partial charge < -0.3 is 0 Å². The van der Waals surface area contributed by atoms with Crippen LogP contribution >= 0.6 is 23.4 Å². The minimum absolute atomic E-state index is 0.765. The van der Waals surface area contributed by atoms with Crippen molar-refractivity contribution in [3.63, 3.8) is 0 Å². The Bertz CT molecular complexity index is 442. The maximum Gasteiger partial charge on any atom is 0.0852 e. The number of nitrogens with zero attached hydrogens (tertiary/aromatic N) is 1. The Kier molecular flexibility index (Phi) is 2.42. The van der Waals surface area contributed by atoms with Gasteiger partial charge in [0.25, 0.3) is 0 Å². The van der Waals surface area contributed by atoms with Gasteiger partial charge in [-0.1, -0.05) is 11.6 Å². The Hall–Kier alpha value is -0.730. The van der Waals surface area contributed by atoms with Gasteiger partial charge in [0.05, 0.1) is 10.5 Å². The van der Waals surface area contributed by atoms with Crippen LogP contribution in [-0.2, 0) is 0 Å². The van der Waals surface area contributed by atoms with Crippen molar-refractivity contribution in [2.75, 3.05) is 6.26 Å². The third kappa shape index (κ3) is 1.52. The average Bonchev–Trinajstić information content (AvgIpc) is 2.19. The average molecular weight is 210 g/mol. The standard InChI is InChI=1S/C10H8ClNS/c1-13-9-5-4-8(11)7-3-2-6-12-10(7)9/h2-6H,1H3. The maximum atomic E-state index is 6.04. The Morgan fingerprint density at radius 3 is 2.92 bits per heavy atom. The van der Waals surface area contributed by atoms with Crippen molar-refractivity contribution in [1.29, 1.82) is 0 Å². The highest BCUT2D eigenvalue weighted by Gasteiger charge is 2.03. The highest BCUT2D eigenvalue weighted by molar-refractivity contribution is 7.98. The van der Waals surface area contributed by atoms with Gasteiger partial charge in [-0.15, -0.1) is 11.8 Å². The van der Waals surface area contributed by atoms with Crippen LogP contribution in [0.2, 0.25) is 5.02 Å². The lowest BCUT2D eigenvalue weighted by atomic mass is 10.2. The quantitative estimate of drug-likeness (QED) is 0.666. The zero-order valence-electron chi connectivity index (χ0n) is 7.12. The Morgan fingerprint density at radius 1 is 1.31 bits per heavy atom. The van der Waals surface area contributed by atoms with E-state index >= 15 is 0 Å². The summed E-state index contributed by atoms with van der Waals surface area (Å²) in [7, 11) is 0. The number of hydrogen-bond acceptors (Lipinski definition) is 2. The van der Waals surface area contributed by atoms with Crippen LogP contribution in [0.15, 0.2) is 35.4 Å². The molecule has 2 aromatic rings. The summed E-state index contributed by atoms with van der Waals surface area (Å²) in [5.74, 6) is 0. The van der Waals surface area contributed by atoms with E-state index in [1.54, 1.807) is 18.0 Å². The van der Waals surface area contributed by atoms with E-state index in [1.165, 1.54) is 4.90 Å². The zero-order chi connectivity index (χ0) is 9.26. The van der Waals surface area contributed by atoms with Crippen LogP contribution in [0, 0.1) is 0 Å². The number of aromatic nitrogens is 1. The second-order valence-corrected chi connectivity index (χ2v) is 3.90. The van der Waals surface area contributed by atoms with E-state index in [0.29, 0.717) is 0 Å². The molecule has 66 valence electrons. The van der Waals surface area contributed by atoms with Crippen molar-refractivity contribution in [2.24, 2.45) is 0 Å². The number of pyridine rings is 1. The molecule has 0 aliphatic heterocycles. The molecule has 3 heteroatoms. The van der Waals surface area contributed by atoms with Gasteiger partial charge in [0.2, 0.25) is 0 Å². The van der Waals surface area contributed by atoms with Gasteiger partial charge in [-0.05, 0) is 30.5 Å². The number of hydrogen-bond donors (Lipinski definition) is 0. The van der Waals surface area contributed by atoms with Gasteiger partial charge in [-0.3, -0.25) is 4.98 Å². The fourth-order valence-electron chi connectivity index (χ4n) is 1.28. The number of halogens is 1. The molecule has 0 aliphatic carbocycles. The molecule has 1 heterocycles. The lowest BCUT2D eigenvalue weighted by Gasteiger charge is -2.03. The normalized spacial score (nSPS) is 10.6. The molecule has 0 saturated carbocycles. The van der Waals surface area contributed by atoms with Gasteiger partial charge in [-0.25, -0.2) is 0 Å². The predicted octanol–water partition coefficient (Wildman–Crippen LogP) is 3.61. The maximum absolute atomic E-state index is 6.04. The summed E-state index contributed by atoms with van der Waals surface area (Å²) in [6.45, 7) is 0. The van der Waals surface area contributed by atoms with Gasteiger partial charge in [0.1, 0.15) is 0 Å². The van der Waals surface area contributed by atoms with Gasteiger partial charge >= 0.3 is 0 Å². The molecule has 2 rings (SSSR count). The molecular formula is C10H8ClNS. The lowest BCUT2D eigenvalue weighted by Crippen LogP contribution is -1.81. The van der Waals surface area contributed by atoms with Crippen LogP contribution in [0.25, 0.3) is 10.9 Å². The molecular weight excluding hydrogens is 202 g/mol. The third-order valence-electron chi connectivity index (χ3n) is 1.90. The molecule has 0 aliphatic rings. The number of thioether (sulfide) groups is 1. The summed E-state index contributed by atoms with van der Waals surface area (Å²) < 4.78 is 0. The first-order valence-corrected chi connectivity index (χ1v) is 5.50. The third-order valence-corrected chi connectivity index (χ3v) is 3.00. The van der Waals surface area contributed by atoms with Crippen molar-refractivity contribution < 1.29 is 0 Å². The van der Waals surface area contributed by atoms with Gasteiger partial charge in [-0.2, -0.15) is 0 Å². The van der Waals surface area contributed by atoms with Crippen molar-refractivity contribution in [1.82, 2.24) is 4.98 Å². The van der Waals surface area contributed by atoms with Crippen LogP contribution in [0.5, 0.6) is 0 Å². The SMILES string of the molecule is CSc1ccc(Cl)c2cccnc12. The van der Waals surface area contributed by atoms with E-state index in [0.717, 1.165) is 15.9 Å². The Balaban J connectivity index is 2.84. The molecule has 1 aromatic heterocycles. The number of fused-ring (bicyclic) bond motifs is 1. The summed E-state index contributed by atoms with van der Waals surface area (Å²) >= 11 is 7.72. The first kappa shape index (κ1) is 8.85. The van der Waals surface area contributed by atoms with E-state index < -0.39 is 0 Å². The van der Waals surface area contributed by atoms with Crippen LogP contribution in [-0.4, -0.2) is 11.2 Å². The van der Waals surface area contributed by atoms with Crippen LogP contribution in [0.4, 0.5) is 0 Å². The minimum Gasteiger partial charge on any atom is -0.255 e. The summed E-state index contributed by atoms with van der Waals surface area (Å²) in [5.41, 5.74) is 0.988. The molecule has 0 saturated heterocycles.